The second-order valence-corrected chi connectivity index (χ2v) is 0. The molecule has 0 aromatic carbocycles. The standard InChI is InChI=1S/Cd.2ClH.F/h;2*1H;/q+2;;;/p-2. The normalized spacial score (nSPS) is 0. The Bertz CT molecular complexity index is 6.00. The summed E-state index contributed by atoms with van der Waals surface area (Å²) in [6.07, 6.45) is 0. The molecule has 0 aliphatic rings. The van der Waals surface area contributed by atoms with Crippen molar-refractivity contribution in [2.75, 3.05) is 0 Å². The summed E-state index contributed by atoms with van der Waals surface area (Å²) in [4.78, 5) is 0. The van der Waals surface area contributed by atoms with Gasteiger partial charge in [-0.15, -0.1) is 0 Å². The van der Waals surface area contributed by atoms with E-state index in [0.717, 1.165) is 0 Å². The average Bonchev–Trinajstić information content (AvgIpc) is 0. The van der Waals surface area contributed by atoms with E-state index < -0.39 is 0 Å². The number of hydrogen-bond donors (Lipinski definition) is 0. The zero-order valence-corrected chi connectivity index (χ0v) is 7.39. The van der Waals surface area contributed by atoms with Gasteiger partial charge in [0.05, 0.1) is 0 Å². The van der Waals surface area contributed by atoms with E-state index in [2.05, 4.69) is 0 Å². The third-order valence-corrected chi connectivity index (χ3v) is 0. The fraction of sp³-hybridized carbons (Fsp3) is 0. The molecular formula is CdCl2F. The van der Waals surface area contributed by atoms with Gasteiger partial charge in [0.1, 0.15) is 0 Å². The van der Waals surface area contributed by atoms with Crippen molar-refractivity contribution >= 4 is 0 Å². The molecular weight excluding hydrogens is 202 g/mol. The molecule has 0 saturated carbocycles. The van der Waals surface area contributed by atoms with Crippen LogP contribution in [0.1, 0.15) is 0 Å². The van der Waals surface area contributed by atoms with E-state index in [9.17, 15) is 0 Å². The van der Waals surface area contributed by atoms with Crippen molar-refractivity contribution in [2.45, 2.75) is 0 Å². The molecule has 0 unspecified atom stereocenters. The van der Waals surface area contributed by atoms with E-state index in [4.69, 9.17) is 0 Å². The van der Waals surface area contributed by atoms with Crippen molar-refractivity contribution in [3.05, 3.63) is 0 Å². The molecule has 0 aromatic rings. The predicted octanol–water partition coefficient (Wildman–Crippen LogP) is -5.57. The number of halogens is 3. The van der Waals surface area contributed by atoms with Crippen LogP contribution in [0.2, 0.25) is 0 Å². The van der Waals surface area contributed by atoms with Gasteiger partial charge in [-0.25, -0.2) is 0 Å². The Kier molecular flexibility index (Phi) is 331. The van der Waals surface area contributed by atoms with Crippen LogP contribution < -0.4 is 24.8 Å². The molecule has 0 saturated heterocycles. The van der Waals surface area contributed by atoms with Crippen LogP contribution in [-0.2, 0) is 27.3 Å². The maximum absolute atomic E-state index is 0. The van der Waals surface area contributed by atoms with E-state index >= 15 is 0 Å². The Morgan fingerprint density at radius 1 is 0.750 bits per heavy atom. The molecule has 0 aliphatic carbocycles. The van der Waals surface area contributed by atoms with Crippen LogP contribution in [0, 0.1) is 0 Å². The zero-order valence-electron chi connectivity index (χ0n) is 1.84. The first-order chi connectivity index (χ1) is 0. The van der Waals surface area contributed by atoms with Gasteiger partial charge >= 0.3 is 27.3 Å². The Morgan fingerprint density at radius 2 is 0.750 bits per heavy atom. The summed E-state index contributed by atoms with van der Waals surface area (Å²) in [5, 5.41) is 0. The molecule has 4 heteroatoms. The van der Waals surface area contributed by atoms with Crippen LogP contribution >= 0.6 is 0 Å². The maximum atomic E-state index is 0. The van der Waals surface area contributed by atoms with Crippen molar-refractivity contribution in [2.24, 2.45) is 0 Å². The maximum Gasteiger partial charge on any atom is 2.00 e. The summed E-state index contributed by atoms with van der Waals surface area (Å²) >= 11 is 0. The van der Waals surface area contributed by atoms with Crippen LogP contribution in [0.15, 0.2) is 0 Å². The van der Waals surface area contributed by atoms with Gasteiger partial charge in [0.15, 0.2) is 0 Å². The van der Waals surface area contributed by atoms with Crippen LogP contribution in [0.25, 0.3) is 0 Å². The molecule has 0 fully saturated rings. The van der Waals surface area contributed by atoms with E-state index in [0.29, 0.717) is 0 Å². The Morgan fingerprint density at radius 3 is 0.750 bits per heavy atom. The van der Waals surface area contributed by atoms with Crippen molar-refractivity contribution in [1.82, 2.24) is 0 Å². The third-order valence-electron chi connectivity index (χ3n) is 0. The molecule has 0 nitrogen and oxygen atoms in total. The second kappa shape index (κ2) is 25.5. The Hall–Kier alpha value is 1.43. The largest absolute Gasteiger partial charge is 2.00 e. The molecule has 0 aromatic heterocycles. The summed E-state index contributed by atoms with van der Waals surface area (Å²) in [6, 6.07) is 0. The van der Waals surface area contributed by atoms with Gasteiger partial charge in [-0.05, 0) is 0 Å². The summed E-state index contributed by atoms with van der Waals surface area (Å²) in [5.74, 6) is 0. The molecule has 23 valence electrons. The molecule has 0 N–H and O–H groups in total. The molecule has 0 rings (SSSR count). The minimum atomic E-state index is 0. The molecule has 1 radical (unpaired) electrons. The van der Waals surface area contributed by atoms with Gasteiger partial charge in [0.2, 0.25) is 0 Å². The van der Waals surface area contributed by atoms with Crippen molar-refractivity contribution in [3.63, 3.8) is 0 Å². The number of rotatable bonds is 0. The monoisotopic (exact) mass is 203 g/mol. The summed E-state index contributed by atoms with van der Waals surface area (Å²) in [7, 11) is 0. The van der Waals surface area contributed by atoms with Gasteiger partial charge in [0, 0.05) is 4.70 Å². The average molecular weight is 202 g/mol. The minimum Gasteiger partial charge on any atom is -1.00 e. The molecule has 0 spiro atoms. The van der Waals surface area contributed by atoms with E-state index in [1.165, 1.54) is 0 Å². The van der Waals surface area contributed by atoms with Crippen LogP contribution in [-0.4, -0.2) is 0 Å². The van der Waals surface area contributed by atoms with Gasteiger partial charge in [-0.2, -0.15) is 0 Å². The summed E-state index contributed by atoms with van der Waals surface area (Å²) in [6.45, 7) is 0. The summed E-state index contributed by atoms with van der Waals surface area (Å²) in [5.41, 5.74) is 0. The quantitative estimate of drug-likeness (QED) is 0.344. The van der Waals surface area contributed by atoms with Crippen molar-refractivity contribution in [3.8, 4) is 0 Å². The van der Waals surface area contributed by atoms with Crippen LogP contribution in [0.4, 0.5) is 4.70 Å². The topological polar surface area (TPSA) is 0 Å². The minimum absolute atomic E-state index is 0. The second-order valence-electron chi connectivity index (χ2n) is 0. The van der Waals surface area contributed by atoms with Crippen LogP contribution in [0.3, 0.4) is 0 Å². The first-order valence-electron chi connectivity index (χ1n) is 0. The van der Waals surface area contributed by atoms with E-state index in [1.54, 1.807) is 0 Å². The summed E-state index contributed by atoms with van der Waals surface area (Å²) < 4.78 is 0. The van der Waals surface area contributed by atoms with Gasteiger partial charge in [0.25, 0.3) is 0 Å². The van der Waals surface area contributed by atoms with Gasteiger partial charge in [-0.1, -0.05) is 0 Å². The molecule has 0 atom stereocenters. The van der Waals surface area contributed by atoms with Crippen LogP contribution in [0.5, 0.6) is 0 Å². The van der Waals surface area contributed by atoms with Gasteiger partial charge < -0.3 is 24.8 Å². The Balaban J connectivity index is 0. The number of hydrogen-bond acceptors (Lipinski definition) is 0. The first-order valence-corrected chi connectivity index (χ1v) is 0. The molecule has 4 heavy (non-hydrogen) atoms. The SMILES string of the molecule is [Cd+2].[Cl-].[Cl-].[F]. The third kappa shape index (κ3) is 9.90. The van der Waals surface area contributed by atoms with Gasteiger partial charge in [-0.3, -0.25) is 0 Å². The predicted molar refractivity (Wildman–Crippen MR) is 1.11 cm³/mol. The smallest absolute Gasteiger partial charge is 1.00 e. The van der Waals surface area contributed by atoms with E-state index in [1.807, 2.05) is 0 Å². The molecule has 0 amide bonds. The Labute approximate surface area is 56.7 Å². The zero-order chi connectivity index (χ0) is 0. The molecule has 0 heterocycles. The fourth-order valence-electron chi connectivity index (χ4n) is 0. The fourth-order valence-corrected chi connectivity index (χ4v) is 0. The first kappa shape index (κ1) is 52.0. The van der Waals surface area contributed by atoms with Crippen molar-refractivity contribution < 1.29 is 56.8 Å². The van der Waals surface area contributed by atoms with Crippen molar-refractivity contribution in [1.29, 1.82) is 0 Å². The van der Waals surface area contributed by atoms with E-state index in [-0.39, 0.29) is 56.8 Å². The molecule has 0 bridgehead atoms. The molecule has 0 aliphatic heterocycles.